The fourth-order valence-corrected chi connectivity index (χ4v) is 1.58. The second kappa shape index (κ2) is 3.97. The number of hydrogen-bond acceptors (Lipinski definition) is 5. The zero-order chi connectivity index (χ0) is 12.6. The van der Waals surface area contributed by atoms with E-state index >= 15 is 0 Å². The lowest BCUT2D eigenvalue weighted by molar-refractivity contribution is 0.00750. The number of aromatic nitrogens is 4. The van der Waals surface area contributed by atoms with Gasteiger partial charge in [0.2, 0.25) is 0 Å². The molecule has 1 aliphatic heterocycles. The molecule has 94 valence electrons. The number of carbonyl (C=O) groups is 1. The summed E-state index contributed by atoms with van der Waals surface area (Å²) in [5.74, 6) is 0.864. The molecule has 0 N–H and O–H groups in total. The van der Waals surface area contributed by atoms with Gasteiger partial charge >= 0.3 is 6.09 Å². The van der Waals surface area contributed by atoms with E-state index in [0.717, 1.165) is 0 Å². The number of amides is 1. The molecule has 0 unspecified atom stereocenters. The van der Waals surface area contributed by atoms with Crippen molar-refractivity contribution in [2.24, 2.45) is 7.05 Å². The summed E-state index contributed by atoms with van der Waals surface area (Å²) in [6.07, 6.45) is -0.280. The average Bonchev–Trinajstić information content (AvgIpc) is 2.45. The van der Waals surface area contributed by atoms with Crippen molar-refractivity contribution in [1.29, 1.82) is 0 Å². The Hall–Kier alpha value is -1.66. The number of nitrogens with zero attached hydrogens (tertiary/aromatic N) is 5. The molecule has 1 amide bonds. The maximum atomic E-state index is 11.7. The van der Waals surface area contributed by atoms with Gasteiger partial charge in [-0.1, -0.05) is 0 Å². The molecule has 2 rings (SSSR count). The van der Waals surface area contributed by atoms with Crippen LogP contribution in [-0.4, -0.2) is 49.9 Å². The first-order chi connectivity index (χ1) is 7.85. The molecule has 0 radical (unpaired) electrons. The zero-order valence-corrected chi connectivity index (χ0v) is 10.5. The molecule has 1 aromatic heterocycles. The van der Waals surface area contributed by atoms with E-state index in [9.17, 15) is 4.79 Å². The molecule has 1 aromatic rings. The van der Waals surface area contributed by atoms with E-state index in [1.165, 1.54) is 4.80 Å². The Labute approximate surface area is 99.7 Å². The molecule has 7 nitrogen and oxygen atoms in total. The second-order valence-corrected chi connectivity index (χ2v) is 5.22. The van der Waals surface area contributed by atoms with Crippen LogP contribution in [0.15, 0.2) is 0 Å². The van der Waals surface area contributed by atoms with Crippen molar-refractivity contribution < 1.29 is 9.53 Å². The Bertz CT molecular complexity index is 417. The highest BCUT2D eigenvalue weighted by atomic mass is 16.6. The predicted molar refractivity (Wildman–Crippen MR) is 59.3 cm³/mol. The van der Waals surface area contributed by atoms with E-state index in [1.807, 2.05) is 20.8 Å². The monoisotopic (exact) mass is 239 g/mol. The fourth-order valence-electron chi connectivity index (χ4n) is 1.58. The summed E-state index contributed by atoms with van der Waals surface area (Å²) in [5, 5.41) is 11.8. The number of carbonyl (C=O) groups excluding carboxylic acids is 1. The minimum atomic E-state index is -0.451. The summed E-state index contributed by atoms with van der Waals surface area (Å²) in [4.78, 5) is 14.7. The minimum absolute atomic E-state index is 0.177. The summed E-state index contributed by atoms with van der Waals surface area (Å²) in [6, 6.07) is 0. The van der Waals surface area contributed by atoms with E-state index < -0.39 is 5.60 Å². The highest BCUT2D eigenvalue weighted by molar-refractivity contribution is 5.69. The molecule has 0 aromatic carbocycles. The SMILES string of the molecule is Cn1nnc(C2CN(C(=O)OC(C)(C)C)C2)n1. The molecule has 17 heavy (non-hydrogen) atoms. The van der Waals surface area contributed by atoms with Crippen molar-refractivity contribution >= 4 is 6.09 Å². The Morgan fingerprint density at radius 2 is 2.06 bits per heavy atom. The van der Waals surface area contributed by atoms with Crippen LogP contribution < -0.4 is 0 Å². The van der Waals surface area contributed by atoms with Crippen LogP contribution in [0.25, 0.3) is 0 Å². The van der Waals surface area contributed by atoms with Gasteiger partial charge in [0.1, 0.15) is 5.60 Å². The van der Waals surface area contributed by atoms with Crippen molar-refractivity contribution in [3.8, 4) is 0 Å². The minimum Gasteiger partial charge on any atom is -0.444 e. The Balaban J connectivity index is 1.85. The van der Waals surface area contributed by atoms with E-state index in [-0.39, 0.29) is 12.0 Å². The lowest BCUT2D eigenvalue weighted by Gasteiger charge is -2.38. The van der Waals surface area contributed by atoms with E-state index in [2.05, 4.69) is 15.4 Å². The number of aryl methyl sites for hydroxylation is 1. The lowest BCUT2D eigenvalue weighted by Crippen LogP contribution is -2.50. The summed E-state index contributed by atoms with van der Waals surface area (Å²) < 4.78 is 5.26. The average molecular weight is 239 g/mol. The largest absolute Gasteiger partial charge is 0.444 e. The van der Waals surface area contributed by atoms with Gasteiger partial charge in [0.05, 0.1) is 13.0 Å². The van der Waals surface area contributed by atoms with Gasteiger partial charge in [-0.3, -0.25) is 0 Å². The number of tetrazole rings is 1. The predicted octanol–water partition coefficient (Wildman–Crippen LogP) is 0.544. The normalized spacial score (nSPS) is 16.8. The Morgan fingerprint density at radius 3 is 2.53 bits per heavy atom. The third-order valence-electron chi connectivity index (χ3n) is 2.42. The molecular formula is C10H17N5O2. The van der Waals surface area contributed by atoms with Gasteiger partial charge in [-0.05, 0) is 26.0 Å². The van der Waals surface area contributed by atoms with E-state index in [0.29, 0.717) is 18.9 Å². The molecule has 0 atom stereocenters. The highest BCUT2D eigenvalue weighted by Crippen LogP contribution is 2.25. The van der Waals surface area contributed by atoms with Gasteiger partial charge < -0.3 is 9.64 Å². The van der Waals surface area contributed by atoms with Crippen LogP contribution in [0.4, 0.5) is 4.79 Å². The molecule has 2 heterocycles. The number of likely N-dealkylation sites (tertiary alicyclic amines) is 1. The van der Waals surface area contributed by atoms with Crippen LogP contribution >= 0.6 is 0 Å². The summed E-state index contributed by atoms with van der Waals surface area (Å²) in [6.45, 7) is 6.76. The molecule has 0 spiro atoms. The summed E-state index contributed by atoms with van der Waals surface area (Å²) in [7, 11) is 1.72. The van der Waals surface area contributed by atoms with Crippen LogP contribution in [0.1, 0.15) is 32.5 Å². The first kappa shape index (κ1) is 11.8. The van der Waals surface area contributed by atoms with Gasteiger partial charge in [0.25, 0.3) is 0 Å². The van der Waals surface area contributed by atoms with E-state index in [4.69, 9.17) is 4.74 Å². The summed E-state index contributed by atoms with van der Waals surface area (Å²) >= 11 is 0. The van der Waals surface area contributed by atoms with Crippen LogP contribution in [0.2, 0.25) is 0 Å². The number of ether oxygens (including phenoxy) is 1. The molecule has 1 aliphatic rings. The van der Waals surface area contributed by atoms with Crippen LogP contribution in [-0.2, 0) is 11.8 Å². The quantitative estimate of drug-likeness (QED) is 0.715. The highest BCUT2D eigenvalue weighted by Gasteiger charge is 2.36. The molecular weight excluding hydrogens is 222 g/mol. The summed E-state index contributed by atoms with van der Waals surface area (Å²) in [5.41, 5.74) is -0.451. The molecule has 0 aliphatic carbocycles. The van der Waals surface area contributed by atoms with Gasteiger partial charge in [-0.25, -0.2) is 4.79 Å². The van der Waals surface area contributed by atoms with Crippen LogP contribution in [0.5, 0.6) is 0 Å². The smallest absolute Gasteiger partial charge is 0.410 e. The van der Waals surface area contributed by atoms with Crippen molar-refractivity contribution in [2.45, 2.75) is 32.3 Å². The van der Waals surface area contributed by atoms with Crippen LogP contribution in [0, 0.1) is 0 Å². The Kier molecular flexibility index (Phi) is 2.76. The van der Waals surface area contributed by atoms with Gasteiger partial charge in [-0.2, -0.15) is 4.80 Å². The number of rotatable bonds is 1. The first-order valence-electron chi connectivity index (χ1n) is 5.57. The van der Waals surface area contributed by atoms with Gasteiger partial charge in [0, 0.05) is 13.1 Å². The van der Waals surface area contributed by atoms with Gasteiger partial charge in [0.15, 0.2) is 5.82 Å². The molecule has 0 bridgehead atoms. The fraction of sp³-hybridized carbons (Fsp3) is 0.800. The van der Waals surface area contributed by atoms with Gasteiger partial charge in [-0.15, -0.1) is 10.2 Å². The van der Waals surface area contributed by atoms with Crippen LogP contribution in [0.3, 0.4) is 0 Å². The van der Waals surface area contributed by atoms with Crippen molar-refractivity contribution in [2.75, 3.05) is 13.1 Å². The molecule has 0 saturated carbocycles. The third kappa shape index (κ3) is 2.72. The molecule has 7 heteroatoms. The maximum absolute atomic E-state index is 11.7. The van der Waals surface area contributed by atoms with E-state index in [1.54, 1.807) is 11.9 Å². The van der Waals surface area contributed by atoms with Crippen molar-refractivity contribution in [3.05, 3.63) is 5.82 Å². The first-order valence-corrected chi connectivity index (χ1v) is 5.57. The number of hydrogen-bond donors (Lipinski definition) is 0. The second-order valence-electron chi connectivity index (χ2n) is 5.22. The molecule has 1 saturated heterocycles. The topological polar surface area (TPSA) is 73.1 Å². The Morgan fingerprint density at radius 1 is 1.41 bits per heavy atom. The van der Waals surface area contributed by atoms with Crippen molar-refractivity contribution in [3.63, 3.8) is 0 Å². The zero-order valence-electron chi connectivity index (χ0n) is 10.5. The third-order valence-corrected chi connectivity index (χ3v) is 2.42. The lowest BCUT2D eigenvalue weighted by atomic mass is 10.0. The van der Waals surface area contributed by atoms with Crippen molar-refractivity contribution in [1.82, 2.24) is 25.1 Å². The standard InChI is InChI=1S/C10H17N5O2/c1-10(2,3)17-9(16)15-5-7(6-15)8-11-13-14(4)12-8/h7H,5-6H2,1-4H3. The molecule has 1 fully saturated rings. The maximum Gasteiger partial charge on any atom is 0.410 e.